The van der Waals surface area contributed by atoms with Crippen molar-refractivity contribution in [1.82, 2.24) is 9.47 Å². The summed E-state index contributed by atoms with van der Waals surface area (Å²) in [7, 11) is 0. The zero-order valence-corrected chi connectivity index (χ0v) is 20.2. The van der Waals surface area contributed by atoms with Crippen LogP contribution in [0.1, 0.15) is 34.2 Å². The third kappa shape index (κ3) is 4.75. The lowest BCUT2D eigenvalue weighted by atomic mass is 9.95. The number of hydrogen-bond acceptors (Lipinski definition) is 5. The summed E-state index contributed by atoms with van der Waals surface area (Å²) in [6.45, 7) is 7.47. The highest BCUT2D eigenvalue weighted by Gasteiger charge is 2.31. The minimum Gasteiger partial charge on any atom is -0.507 e. The van der Waals surface area contributed by atoms with Crippen LogP contribution in [-0.2, 0) is 6.54 Å². The summed E-state index contributed by atoms with van der Waals surface area (Å²) in [5.74, 6) is 0.745. The summed E-state index contributed by atoms with van der Waals surface area (Å²) < 4.78 is 7.20. The molecule has 1 aliphatic rings. The van der Waals surface area contributed by atoms with Gasteiger partial charge in [-0.1, -0.05) is 48.0 Å². The zero-order valence-electron chi connectivity index (χ0n) is 20.2. The van der Waals surface area contributed by atoms with Crippen LogP contribution in [0.25, 0.3) is 0 Å². The van der Waals surface area contributed by atoms with Gasteiger partial charge in [-0.15, -0.1) is 0 Å². The van der Waals surface area contributed by atoms with Crippen molar-refractivity contribution in [3.63, 3.8) is 0 Å². The van der Waals surface area contributed by atoms with E-state index in [1.165, 1.54) is 5.69 Å². The van der Waals surface area contributed by atoms with E-state index in [1.54, 1.807) is 16.9 Å². The third-order valence-electron chi connectivity index (χ3n) is 6.88. The second-order valence-electron chi connectivity index (χ2n) is 9.23. The van der Waals surface area contributed by atoms with Gasteiger partial charge in [0.2, 0.25) is 0 Å². The highest BCUT2D eigenvalue weighted by atomic mass is 16.3. The first-order valence-corrected chi connectivity index (χ1v) is 12.1. The molecule has 1 aliphatic heterocycles. The maximum Gasteiger partial charge on any atom is 0.260 e. The van der Waals surface area contributed by atoms with Crippen molar-refractivity contribution in [3.8, 4) is 5.75 Å². The summed E-state index contributed by atoms with van der Waals surface area (Å²) in [5.41, 5.74) is 4.30. The first-order valence-electron chi connectivity index (χ1n) is 12.1. The number of benzene rings is 2. The number of para-hydroxylation sites is 1. The van der Waals surface area contributed by atoms with Crippen molar-refractivity contribution >= 4 is 5.69 Å². The Kier molecular flexibility index (Phi) is 6.47. The maximum absolute atomic E-state index is 13.9. The van der Waals surface area contributed by atoms with Crippen molar-refractivity contribution in [3.05, 3.63) is 118 Å². The fourth-order valence-electron chi connectivity index (χ4n) is 4.97. The van der Waals surface area contributed by atoms with E-state index in [9.17, 15) is 9.90 Å². The molecule has 2 aromatic carbocycles. The van der Waals surface area contributed by atoms with Gasteiger partial charge in [-0.3, -0.25) is 9.69 Å². The Labute approximate surface area is 205 Å². The number of furan rings is 1. The average molecular weight is 470 g/mol. The lowest BCUT2D eigenvalue weighted by Gasteiger charge is -2.40. The molecule has 1 atom stereocenters. The molecule has 0 radical (unpaired) electrons. The zero-order chi connectivity index (χ0) is 24.4. The number of nitrogens with zero attached hydrogens (tertiary/aromatic N) is 3. The summed E-state index contributed by atoms with van der Waals surface area (Å²) in [6.07, 6.45) is 1.61. The quantitative estimate of drug-likeness (QED) is 0.443. The fraction of sp³-hybridized carbons (Fsp3) is 0.276. The van der Waals surface area contributed by atoms with Gasteiger partial charge in [0.1, 0.15) is 11.5 Å². The van der Waals surface area contributed by atoms with Gasteiger partial charge in [-0.05, 0) is 49.7 Å². The van der Waals surface area contributed by atoms with Gasteiger partial charge in [-0.25, -0.2) is 0 Å². The minimum atomic E-state index is -0.343. The topological polar surface area (TPSA) is 61.9 Å². The molecule has 35 heavy (non-hydrogen) atoms. The Hall–Kier alpha value is -3.77. The van der Waals surface area contributed by atoms with Gasteiger partial charge in [-0.2, -0.15) is 0 Å². The van der Waals surface area contributed by atoms with E-state index in [1.807, 2.05) is 25.1 Å². The van der Waals surface area contributed by atoms with E-state index >= 15 is 0 Å². The minimum absolute atomic E-state index is 0.0410. The van der Waals surface area contributed by atoms with E-state index in [-0.39, 0.29) is 17.4 Å². The highest BCUT2D eigenvalue weighted by Crippen LogP contribution is 2.34. The molecular weight excluding hydrogens is 438 g/mol. The Balaban J connectivity index is 1.53. The molecule has 0 bridgehead atoms. The molecule has 2 aromatic heterocycles. The summed E-state index contributed by atoms with van der Waals surface area (Å²) >= 11 is 0. The third-order valence-corrected chi connectivity index (χ3v) is 6.88. The number of pyridine rings is 1. The molecule has 3 heterocycles. The second kappa shape index (κ2) is 9.84. The molecule has 0 saturated carbocycles. The Morgan fingerprint density at radius 2 is 1.63 bits per heavy atom. The van der Waals surface area contributed by atoms with Crippen LogP contribution >= 0.6 is 0 Å². The molecule has 0 amide bonds. The summed E-state index contributed by atoms with van der Waals surface area (Å²) in [6, 6.07) is 23.7. The Bertz CT molecular complexity index is 1320. The molecule has 4 aromatic rings. The van der Waals surface area contributed by atoms with Crippen LogP contribution < -0.4 is 10.5 Å². The van der Waals surface area contributed by atoms with E-state index in [0.717, 1.165) is 37.3 Å². The van der Waals surface area contributed by atoms with Gasteiger partial charge in [0, 0.05) is 37.6 Å². The van der Waals surface area contributed by atoms with Gasteiger partial charge >= 0.3 is 0 Å². The number of aryl methyl sites for hydroxylation is 2. The van der Waals surface area contributed by atoms with Crippen molar-refractivity contribution in [2.45, 2.75) is 26.4 Å². The van der Waals surface area contributed by atoms with Gasteiger partial charge in [0.15, 0.2) is 0 Å². The molecule has 0 spiro atoms. The number of anilines is 1. The standard InChI is InChI=1S/C29H31N3O3/c1-21-10-12-23(13-11-21)28(31-16-14-30(15-17-31)24-7-4-3-5-8-24)27-26(33)19-22(2)32(29(27)34)20-25-9-6-18-35-25/h3-13,18-19,28,33H,14-17,20H2,1-2H3/t28-/m0/s1. The molecule has 0 aliphatic carbocycles. The van der Waals surface area contributed by atoms with Gasteiger partial charge in [0.25, 0.3) is 5.56 Å². The van der Waals surface area contributed by atoms with Crippen LogP contribution in [0.2, 0.25) is 0 Å². The molecule has 0 unspecified atom stereocenters. The largest absolute Gasteiger partial charge is 0.507 e. The van der Waals surface area contributed by atoms with E-state index < -0.39 is 0 Å². The van der Waals surface area contributed by atoms with Crippen molar-refractivity contribution < 1.29 is 9.52 Å². The van der Waals surface area contributed by atoms with Crippen LogP contribution in [0.5, 0.6) is 5.75 Å². The molecule has 6 heteroatoms. The molecule has 5 rings (SSSR count). The second-order valence-corrected chi connectivity index (χ2v) is 9.23. The molecule has 180 valence electrons. The summed E-state index contributed by atoms with van der Waals surface area (Å²) in [5, 5.41) is 11.1. The number of piperazine rings is 1. The molecule has 6 nitrogen and oxygen atoms in total. The number of aromatic hydroxyl groups is 1. The van der Waals surface area contributed by atoms with Crippen LogP contribution in [0.3, 0.4) is 0 Å². The van der Waals surface area contributed by atoms with Crippen molar-refractivity contribution in [1.29, 1.82) is 0 Å². The lowest BCUT2D eigenvalue weighted by molar-refractivity contribution is 0.207. The first kappa shape index (κ1) is 23.0. The average Bonchev–Trinajstić information content (AvgIpc) is 3.39. The predicted molar refractivity (Wildman–Crippen MR) is 138 cm³/mol. The molecule has 1 fully saturated rings. The smallest absolute Gasteiger partial charge is 0.260 e. The first-order chi connectivity index (χ1) is 17.0. The van der Waals surface area contributed by atoms with E-state index in [4.69, 9.17) is 4.42 Å². The molecule has 1 saturated heterocycles. The Morgan fingerprint density at radius 3 is 2.29 bits per heavy atom. The molecular formula is C29H31N3O3. The normalized spacial score (nSPS) is 15.3. The van der Waals surface area contributed by atoms with Crippen LogP contribution in [0.4, 0.5) is 5.69 Å². The highest BCUT2D eigenvalue weighted by molar-refractivity contribution is 5.47. The van der Waals surface area contributed by atoms with Gasteiger partial charge in [0.05, 0.1) is 24.4 Å². The van der Waals surface area contributed by atoms with Gasteiger partial charge < -0.3 is 19.0 Å². The predicted octanol–water partition coefficient (Wildman–Crippen LogP) is 4.72. The monoisotopic (exact) mass is 469 g/mol. The number of hydrogen-bond donors (Lipinski definition) is 1. The summed E-state index contributed by atoms with van der Waals surface area (Å²) in [4.78, 5) is 18.6. The number of rotatable bonds is 6. The van der Waals surface area contributed by atoms with Crippen LogP contribution in [0, 0.1) is 13.8 Å². The van der Waals surface area contributed by atoms with Crippen LogP contribution in [-0.4, -0.2) is 40.8 Å². The van der Waals surface area contributed by atoms with E-state index in [0.29, 0.717) is 23.6 Å². The SMILES string of the molecule is Cc1ccc([C@@H](c2c(O)cc(C)n(Cc3ccco3)c2=O)N2CCN(c3ccccc3)CC2)cc1. The lowest BCUT2D eigenvalue weighted by Crippen LogP contribution is -2.49. The maximum atomic E-state index is 13.9. The number of aromatic nitrogens is 1. The van der Waals surface area contributed by atoms with Crippen LogP contribution in [0.15, 0.2) is 88.3 Å². The van der Waals surface area contributed by atoms with Crippen molar-refractivity contribution in [2.75, 3.05) is 31.1 Å². The fourth-order valence-corrected chi connectivity index (χ4v) is 4.97. The molecule has 1 N–H and O–H groups in total. The van der Waals surface area contributed by atoms with E-state index in [2.05, 4.69) is 65.3 Å². The van der Waals surface area contributed by atoms with Crippen molar-refractivity contribution in [2.24, 2.45) is 0 Å². The Morgan fingerprint density at radius 1 is 0.914 bits per heavy atom.